The SMILES string of the molecule is O=C1O[C@H](C(O)CO)C(O)=C1[O-].O=C1O[C@H](C(O)CO)C(O)=C1[O-].O=C1O[C@H](C(O)CO)C(O)=C1[O-].[Sc+3]. The fourth-order valence-corrected chi connectivity index (χ4v) is 2.44. The van der Waals surface area contributed by atoms with Gasteiger partial charge in [0.2, 0.25) is 0 Å². The number of ether oxygens (including phenoxy) is 3. The monoisotopic (exact) mass is 570 g/mol. The molecule has 9 N–H and O–H groups in total. The van der Waals surface area contributed by atoms with E-state index in [-0.39, 0.29) is 25.8 Å². The number of rotatable bonds is 6. The van der Waals surface area contributed by atoms with Crippen LogP contribution in [0.4, 0.5) is 0 Å². The predicted molar refractivity (Wildman–Crippen MR) is 97.9 cm³/mol. The molecule has 0 fully saturated rings. The summed E-state index contributed by atoms with van der Waals surface area (Å²) in [6, 6.07) is 0. The molecule has 0 aromatic carbocycles. The Bertz CT molecular complexity index is 822. The van der Waals surface area contributed by atoms with Gasteiger partial charge >= 0.3 is 43.8 Å². The number of aliphatic hydroxyl groups excluding tert-OH is 9. The molecule has 0 amide bonds. The zero-order valence-corrected chi connectivity index (χ0v) is 20.2. The van der Waals surface area contributed by atoms with Gasteiger partial charge in [-0.1, -0.05) is 0 Å². The van der Waals surface area contributed by atoms with Crippen LogP contribution in [0.25, 0.3) is 0 Å². The molecular formula is C18H21O18Sc. The maximum atomic E-state index is 10.6. The van der Waals surface area contributed by atoms with E-state index in [4.69, 9.17) is 46.0 Å². The van der Waals surface area contributed by atoms with Gasteiger partial charge in [-0.2, -0.15) is 0 Å². The molecule has 204 valence electrons. The molecule has 0 aromatic heterocycles. The quantitative estimate of drug-likeness (QED) is 0.106. The van der Waals surface area contributed by atoms with Crippen LogP contribution in [0.1, 0.15) is 0 Å². The Balaban J connectivity index is 0.000000518. The maximum Gasteiger partial charge on any atom is 3.00 e. The molecule has 0 saturated carbocycles. The number of cyclic esters (lactones) is 3. The molecule has 3 aliphatic rings. The topological polar surface area (TPSA) is 330 Å². The first-order valence-corrected chi connectivity index (χ1v) is 9.53. The Morgan fingerprint density at radius 3 is 0.865 bits per heavy atom. The van der Waals surface area contributed by atoms with Crippen LogP contribution < -0.4 is 15.3 Å². The summed E-state index contributed by atoms with van der Waals surface area (Å²) in [4.78, 5) is 31.4. The summed E-state index contributed by atoms with van der Waals surface area (Å²) in [5.41, 5.74) is 0. The molecule has 3 rings (SSSR count). The average molecular weight is 570 g/mol. The minimum absolute atomic E-state index is 0. The first kappa shape index (κ1) is 34.1. The van der Waals surface area contributed by atoms with Crippen LogP contribution >= 0.6 is 0 Å². The van der Waals surface area contributed by atoms with Crippen molar-refractivity contribution in [3.63, 3.8) is 0 Å². The van der Waals surface area contributed by atoms with Crippen molar-refractivity contribution in [2.24, 2.45) is 0 Å². The molecule has 3 aliphatic heterocycles. The molecule has 18 nitrogen and oxygen atoms in total. The fourth-order valence-electron chi connectivity index (χ4n) is 2.44. The van der Waals surface area contributed by atoms with Crippen LogP contribution in [0.2, 0.25) is 0 Å². The molecule has 0 aliphatic carbocycles. The molecule has 19 heteroatoms. The number of aliphatic hydroxyl groups is 9. The molecule has 37 heavy (non-hydrogen) atoms. The van der Waals surface area contributed by atoms with Crippen LogP contribution in [-0.2, 0) is 54.4 Å². The molecule has 6 atom stereocenters. The maximum absolute atomic E-state index is 10.6. The molecule has 0 spiro atoms. The van der Waals surface area contributed by atoms with Gasteiger partial charge in [0.25, 0.3) is 0 Å². The van der Waals surface area contributed by atoms with Gasteiger partial charge < -0.3 is 75.5 Å². The second-order valence-electron chi connectivity index (χ2n) is 6.87. The van der Waals surface area contributed by atoms with Crippen molar-refractivity contribution in [3.05, 3.63) is 34.6 Å². The van der Waals surface area contributed by atoms with Gasteiger partial charge in [0.05, 0.1) is 19.8 Å². The van der Waals surface area contributed by atoms with Crippen molar-refractivity contribution in [2.45, 2.75) is 36.6 Å². The predicted octanol–water partition coefficient (Wildman–Crippen LogP) is -7.82. The van der Waals surface area contributed by atoms with E-state index < -0.39 is 109 Å². The normalized spacial score (nSPS) is 25.1. The van der Waals surface area contributed by atoms with Crippen LogP contribution in [0.5, 0.6) is 0 Å². The van der Waals surface area contributed by atoms with Gasteiger partial charge in [0.15, 0.2) is 18.3 Å². The standard InChI is InChI=1S/3C6H8O6.Sc/c3*7-1-2(8)5-3(9)4(10)6(11)12-5;/h3*2,5,7-10H,1H2;/q;;;+3/p-3/t3*2?,5-;/m111./s1. The largest absolute Gasteiger partial charge is 3.00 e. The minimum atomic E-state index is -1.46. The van der Waals surface area contributed by atoms with Crippen LogP contribution in [-0.4, -0.2) is 120 Å². The molecule has 3 heterocycles. The molecule has 0 radical (unpaired) electrons. The molecular weight excluding hydrogens is 549 g/mol. The van der Waals surface area contributed by atoms with E-state index >= 15 is 0 Å². The van der Waals surface area contributed by atoms with Crippen LogP contribution in [0.3, 0.4) is 0 Å². The molecule has 0 bridgehead atoms. The number of carbonyl (C=O) groups is 3. The second kappa shape index (κ2) is 14.7. The first-order valence-electron chi connectivity index (χ1n) is 9.53. The van der Waals surface area contributed by atoms with Crippen molar-refractivity contribution in [1.82, 2.24) is 0 Å². The van der Waals surface area contributed by atoms with E-state index in [9.17, 15) is 29.7 Å². The van der Waals surface area contributed by atoms with Crippen molar-refractivity contribution in [2.75, 3.05) is 19.8 Å². The van der Waals surface area contributed by atoms with Crippen LogP contribution in [0, 0.1) is 0 Å². The fraction of sp³-hybridized carbons (Fsp3) is 0.500. The number of hydrogen-bond donors (Lipinski definition) is 9. The zero-order valence-electron chi connectivity index (χ0n) is 18.4. The van der Waals surface area contributed by atoms with E-state index in [1.54, 1.807) is 0 Å². The summed E-state index contributed by atoms with van der Waals surface area (Å²) in [6.45, 7) is -2.10. The number of esters is 3. The first-order chi connectivity index (χ1) is 16.7. The summed E-state index contributed by atoms with van der Waals surface area (Å²) >= 11 is 0. The Hall–Kier alpha value is -2.94. The van der Waals surface area contributed by atoms with E-state index in [1.807, 2.05) is 0 Å². The van der Waals surface area contributed by atoms with Gasteiger partial charge in [0, 0.05) is 17.3 Å². The summed E-state index contributed by atoms with van der Waals surface area (Å²) in [6.07, 6.45) is -8.64. The minimum Gasteiger partial charge on any atom is -0.865 e. The van der Waals surface area contributed by atoms with Crippen molar-refractivity contribution < 1.29 is 116 Å². The summed E-state index contributed by atoms with van der Waals surface area (Å²) in [7, 11) is 0. The Labute approximate surface area is 224 Å². The average Bonchev–Trinajstić information content (AvgIpc) is 3.40. The third kappa shape index (κ3) is 8.02. The molecule has 0 saturated heterocycles. The third-order valence-corrected chi connectivity index (χ3v) is 4.37. The van der Waals surface area contributed by atoms with E-state index in [0.717, 1.165) is 0 Å². The van der Waals surface area contributed by atoms with Crippen molar-refractivity contribution in [1.29, 1.82) is 0 Å². The molecule has 3 unspecified atom stereocenters. The van der Waals surface area contributed by atoms with E-state index in [2.05, 4.69) is 14.2 Å². The summed E-state index contributed by atoms with van der Waals surface area (Å²) in [5.74, 6) is -9.75. The van der Waals surface area contributed by atoms with Gasteiger partial charge in [-0.25, -0.2) is 14.4 Å². The Morgan fingerprint density at radius 1 is 0.568 bits per heavy atom. The van der Waals surface area contributed by atoms with E-state index in [1.165, 1.54) is 0 Å². The molecule has 0 aromatic rings. The van der Waals surface area contributed by atoms with Gasteiger partial charge in [0.1, 0.15) is 35.6 Å². The Morgan fingerprint density at radius 2 is 0.757 bits per heavy atom. The second-order valence-corrected chi connectivity index (χ2v) is 6.87. The van der Waals surface area contributed by atoms with Crippen molar-refractivity contribution in [3.8, 4) is 0 Å². The summed E-state index contributed by atoms with van der Waals surface area (Å²) < 4.78 is 12.8. The van der Waals surface area contributed by atoms with Crippen molar-refractivity contribution >= 4 is 17.9 Å². The van der Waals surface area contributed by atoms with E-state index in [0.29, 0.717) is 0 Å². The smallest absolute Gasteiger partial charge is 0.865 e. The summed E-state index contributed by atoms with van der Waals surface area (Å²) in [5, 5.41) is 110. The third-order valence-electron chi connectivity index (χ3n) is 4.37. The number of hydrogen-bond acceptors (Lipinski definition) is 18. The van der Waals surface area contributed by atoms with Gasteiger partial charge in [-0.05, 0) is 0 Å². The zero-order chi connectivity index (χ0) is 27.9. The number of carbonyl (C=O) groups excluding carboxylic acids is 3. The van der Waals surface area contributed by atoms with Gasteiger partial charge in [-0.15, -0.1) is 0 Å². The Kier molecular flexibility index (Phi) is 13.5. The van der Waals surface area contributed by atoms with Crippen LogP contribution in [0.15, 0.2) is 34.6 Å². The van der Waals surface area contributed by atoms with Gasteiger partial charge in [-0.3, -0.25) is 0 Å².